The summed E-state index contributed by atoms with van der Waals surface area (Å²) < 4.78 is 27.3. The minimum absolute atomic E-state index is 0.322. The van der Waals surface area contributed by atoms with Gasteiger partial charge in [-0.2, -0.15) is 0 Å². The number of benzene rings is 2. The maximum Gasteiger partial charge on any atom is 0.269 e. The summed E-state index contributed by atoms with van der Waals surface area (Å²) in [6.45, 7) is 0. The summed E-state index contributed by atoms with van der Waals surface area (Å²) in [5.41, 5.74) is 6.40. The molecule has 0 aliphatic carbocycles. The van der Waals surface area contributed by atoms with Gasteiger partial charge in [-0.3, -0.25) is 15.6 Å². The molecule has 1 aromatic heterocycles. The number of rotatable bonds is 8. The Morgan fingerprint density at radius 3 is 2.00 bits per heavy atom. The number of carbonyl (C=O) groups is 1. The van der Waals surface area contributed by atoms with Crippen LogP contribution < -0.4 is 34.5 Å². The van der Waals surface area contributed by atoms with Gasteiger partial charge in [0.1, 0.15) is 21.7 Å². The molecule has 1 amide bonds. The number of methoxy groups -OCH3 is 5. The van der Waals surface area contributed by atoms with Gasteiger partial charge >= 0.3 is 0 Å². The molecule has 29 heavy (non-hydrogen) atoms. The molecule has 0 aliphatic rings. The van der Waals surface area contributed by atoms with Crippen LogP contribution in [0.5, 0.6) is 28.7 Å². The molecule has 3 rings (SSSR count). The highest BCUT2D eigenvalue weighted by molar-refractivity contribution is 7.22. The van der Waals surface area contributed by atoms with E-state index in [1.165, 1.54) is 32.7 Å². The Balaban J connectivity index is 1.84. The number of hydrogen-bond acceptors (Lipinski definition) is 9. The van der Waals surface area contributed by atoms with E-state index in [9.17, 15) is 4.79 Å². The highest BCUT2D eigenvalue weighted by Crippen LogP contribution is 2.39. The minimum Gasteiger partial charge on any atom is -0.495 e. The lowest BCUT2D eigenvalue weighted by Gasteiger charge is -2.14. The van der Waals surface area contributed by atoms with E-state index in [1.54, 1.807) is 38.5 Å². The van der Waals surface area contributed by atoms with Gasteiger partial charge in [0.15, 0.2) is 11.5 Å². The van der Waals surface area contributed by atoms with Crippen LogP contribution in [-0.4, -0.2) is 46.4 Å². The third kappa shape index (κ3) is 3.92. The van der Waals surface area contributed by atoms with Gasteiger partial charge in [-0.15, -0.1) is 0 Å². The number of anilines is 1. The van der Waals surface area contributed by atoms with E-state index in [2.05, 4.69) is 15.8 Å². The molecule has 0 bridgehead atoms. The zero-order valence-corrected chi connectivity index (χ0v) is 17.4. The average molecular weight is 419 g/mol. The summed E-state index contributed by atoms with van der Waals surface area (Å²) in [4.78, 5) is 17.1. The normalized spacial score (nSPS) is 10.4. The van der Waals surface area contributed by atoms with Crippen molar-refractivity contribution in [3.63, 3.8) is 0 Å². The third-order valence-electron chi connectivity index (χ3n) is 4.12. The highest BCUT2D eigenvalue weighted by Gasteiger charge is 2.18. The second kappa shape index (κ2) is 8.74. The molecule has 0 saturated carbocycles. The van der Waals surface area contributed by atoms with Crippen molar-refractivity contribution >= 4 is 32.6 Å². The van der Waals surface area contributed by atoms with Crippen LogP contribution in [0.2, 0.25) is 0 Å². The van der Waals surface area contributed by atoms with E-state index in [4.69, 9.17) is 23.7 Å². The Morgan fingerprint density at radius 1 is 0.862 bits per heavy atom. The molecule has 10 heteroatoms. The lowest BCUT2D eigenvalue weighted by Crippen LogP contribution is -2.29. The first-order chi connectivity index (χ1) is 14.1. The van der Waals surface area contributed by atoms with E-state index in [0.29, 0.717) is 45.0 Å². The third-order valence-corrected chi connectivity index (χ3v) is 5.11. The lowest BCUT2D eigenvalue weighted by molar-refractivity contribution is 0.0962. The van der Waals surface area contributed by atoms with Crippen LogP contribution in [0.15, 0.2) is 24.3 Å². The van der Waals surface area contributed by atoms with Crippen molar-refractivity contribution in [3.8, 4) is 28.7 Å². The molecule has 0 aliphatic heterocycles. The molecular weight excluding hydrogens is 398 g/mol. The molecule has 0 unspecified atom stereocenters. The fraction of sp³-hybridized carbons (Fsp3) is 0.263. The van der Waals surface area contributed by atoms with Crippen LogP contribution >= 0.6 is 11.3 Å². The Morgan fingerprint density at radius 2 is 1.45 bits per heavy atom. The number of hydrogen-bond donors (Lipinski definition) is 2. The van der Waals surface area contributed by atoms with Gasteiger partial charge in [0, 0.05) is 5.56 Å². The van der Waals surface area contributed by atoms with E-state index >= 15 is 0 Å². The molecular formula is C19H21N3O6S. The van der Waals surface area contributed by atoms with Crippen molar-refractivity contribution in [2.75, 3.05) is 41.0 Å². The van der Waals surface area contributed by atoms with Crippen LogP contribution in [0.4, 0.5) is 5.13 Å². The van der Waals surface area contributed by atoms with Crippen molar-refractivity contribution in [1.29, 1.82) is 0 Å². The number of amides is 1. The van der Waals surface area contributed by atoms with E-state index in [0.717, 1.165) is 4.70 Å². The highest BCUT2D eigenvalue weighted by atomic mass is 32.1. The first kappa shape index (κ1) is 20.3. The predicted octanol–water partition coefficient (Wildman–Crippen LogP) is 3.10. The Labute approximate surface area is 171 Å². The number of nitrogens with zero attached hydrogens (tertiary/aromatic N) is 1. The monoisotopic (exact) mass is 419 g/mol. The van der Waals surface area contributed by atoms with Crippen molar-refractivity contribution < 1.29 is 28.5 Å². The molecule has 0 saturated heterocycles. The van der Waals surface area contributed by atoms with Gasteiger partial charge in [0.25, 0.3) is 5.91 Å². The summed E-state index contributed by atoms with van der Waals surface area (Å²) in [7, 11) is 7.62. The van der Waals surface area contributed by atoms with Crippen LogP contribution in [0, 0.1) is 0 Å². The number of thiazole rings is 1. The van der Waals surface area contributed by atoms with Gasteiger partial charge in [0.2, 0.25) is 10.9 Å². The van der Waals surface area contributed by atoms with Gasteiger partial charge < -0.3 is 23.7 Å². The smallest absolute Gasteiger partial charge is 0.269 e. The van der Waals surface area contributed by atoms with Crippen LogP contribution in [0.25, 0.3) is 10.2 Å². The summed E-state index contributed by atoms with van der Waals surface area (Å²) in [6.07, 6.45) is 0. The van der Waals surface area contributed by atoms with Crippen LogP contribution in [-0.2, 0) is 0 Å². The maximum atomic E-state index is 12.6. The molecule has 2 N–H and O–H groups in total. The van der Waals surface area contributed by atoms with Gasteiger partial charge in [-0.05, 0) is 24.3 Å². The molecule has 0 spiro atoms. The second-order valence-corrected chi connectivity index (χ2v) is 6.66. The Hall–Kier alpha value is -3.40. The van der Waals surface area contributed by atoms with Crippen LogP contribution in [0.1, 0.15) is 10.4 Å². The minimum atomic E-state index is -0.401. The van der Waals surface area contributed by atoms with Gasteiger partial charge in [-0.25, -0.2) is 4.98 Å². The van der Waals surface area contributed by atoms with Crippen molar-refractivity contribution in [1.82, 2.24) is 10.4 Å². The molecule has 0 atom stereocenters. The molecule has 9 nitrogen and oxygen atoms in total. The molecule has 154 valence electrons. The van der Waals surface area contributed by atoms with Crippen molar-refractivity contribution in [3.05, 3.63) is 29.8 Å². The first-order valence-corrected chi connectivity index (χ1v) is 9.25. The standard InChI is InChI=1S/C19H21N3O6S/c1-24-11-6-7-12(25-2)17-15(11)20-19(29-17)22-21-18(23)10-8-13(26-3)16(28-5)14(9-10)27-4/h6-9H,1-5H3,(H,20,22)(H,21,23). The largest absolute Gasteiger partial charge is 0.495 e. The fourth-order valence-electron chi connectivity index (χ4n) is 2.73. The van der Waals surface area contributed by atoms with Gasteiger partial charge in [0.05, 0.1) is 35.5 Å². The topological polar surface area (TPSA) is 100 Å². The molecule has 0 fully saturated rings. The SMILES string of the molecule is COc1cc(C(=O)NNc2nc3c(OC)ccc(OC)c3s2)cc(OC)c1OC. The number of hydrazine groups is 1. The van der Waals surface area contributed by atoms with Crippen molar-refractivity contribution in [2.45, 2.75) is 0 Å². The number of ether oxygens (including phenoxy) is 5. The molecule has 2 aromatic carbocycles. The van der Waals surface area contributed by atoms with Crippen LogP contribution in [0.3, 0.4) is 0 Å². The second-order valence-electron chi connectivity index (χ2n) is 5.66. The Bertz CT molecular complexity index is 970. The summed E-state index contributed by atoms with van der Waals surface area (Å²) in [6, 6.07) is 6.70. The number of aromatic nitrogens is 1. The summed E-state index contributed by atoms with van der Waals surface area (Å²) >= 11 is 1.33. The zero-order chi connectivity index (χ0) is 21.0. The molecule has 1 heterocycles. The Kier molecular flexibility index (Phi) is 6.13. The van der Waals surface area contributed by atoms with E-state index in [-0.39, 0.29) is 0 Å². The lowest BCUT2D eigenvalue weighted by atomic mass is 10.1. The zero-order valence-electron chi connectivity index (χ0n) is 16.6. The summed E-state index contributed by atoms with van der Waals surface area (Å²) in [5, 5.41) is 0.476. The number of carbonyl (C=O) groups excluding carboxylic acids is 1. The maximum absolute atomic E-state index is 12.6. The number of fused-ring (bicyclic) bond motifs is 1. The fourth-order valence-corrected chi connectivity index (χ4v) is 3.66. The number of nitrogens with one attached hydrogen (secondary N) is 2. The molecule has 3 aromatic rings. The first-order valence-electron chi connectivity index (χ1n) is 8.44. The summed E-state index contributed by atoms with van der Waals surface area (Å²) in [5.74, 6) is 2.05. The predicted molar refractivity (Wildman–Crippen MR) is 110 cm³/mol. The van der Waals surface area contributed by atoms with E-state index in [1.807, 2.05) is 0 Å². The van der Waals surface area contributed by atoms with Gasteiger partial charge in [-0.1, -0.05) is 11.3 Å². The molecule has 0 radical (unpaired) electrons. The van der Waals surface area contributed by atoms with Crippen molar-refractivity contribution in [2.24, 2.45) is 0 Å². The quantitative estimate of drug-likeness (QED) is 0.538. The average Bonchev–Trinajstić information content (AvgIpc) is 3.19. The van der Waals surface area contributed by atoms with E-state index < -0.39 is 5.91 Å².